The fourth-order valence-electron chi connectivity index (χ4n) is 2.86. The smallest absolute Gasteiger partial charge is 0.189 e. The number of nitrogens with zero attached hydrogens (tertiary/aromatic N) is 1. The van der Waals surface area contributed by atoms with Crippen molar-refractivity contribution in [3.05, 3.63) is 59.2 Å². The number of halogens is 1. The summed E-state index contributed by atoms with van der Waals surface area (Å²) in [6, 6.07) is 14.2. The van der Waals surface area contributed by atoms with E-state index in [2.05, 4.69) is 16.4 Å². The maximum atomic E-state index is 6.08. The van der Waals surface area contributed by atoms with Crippen LogP contribution in [0.2, 0.25) is 0 Å². The van der Waals surface area contributed by atoms with E-state index < -0.39 is 0 Å². The lowest BCUT2D eigenvalue weighted by Crippen LogP contribution is -2.37. The Morgan fingerprint density at radius 2 is 2.12 bits per heavy atom. The molecule has 0 saturated carbocycles. The number of hydrogen-bond acceptors (Lipinski definition) is 3. The molecular weight excluding hydrogens is 429 g/mol. The zero-order chi connectivity index (χ0) is 16.9. The summed E-state index contributed by atoms with van der Waals surface area (Å²) in [6.45, 7) is 3.21. The molecule has 3 rings (SSSR count). The van der Waals surface area contributed by atoms with Crippen LogP contribution in [0, 0.1) is 6.92 Å². The van der Waals surface area contributed by atoms with Gasteiger partial charge in [-0.3, -0.25) is 0 Å². The molecule has 1 atom stereocenters. The van der Waals surface area contributed by atoms with Crippen molar-refractivity contribution in [1.82, 2.24) is 5.32 Å². The SMILES string of the molecule is COc1cc(CN=C(N)NC2CCOc3ccccc32)ccc1C.I. The molecule has 6 heteroatoms. The Kier molecular flexibility index (Phi) is 6.92. The van der Waals surface area contributed by atoms with Gasteiger partial charge >= 0.3 is 0 Å². The minimum Gasteiger partial charge on any atom is -0.496 e. The summed E-state index contributed by atoms with van der Waals surface area (Å²) in [5.74, 6) is 2.22. The van der Waals surface area contributed by atoms with Crippen LogP contribution < -0.4 is 20.5 Å². The maximum absolute atomic E-state index is 6.08. The Morgan fingerprint density at radius 3 is 2.92 bits per heavy atom. The molecule has 0 radical (unpaired) electrons. The van der Waals surface area contributed by atoms with Crippen LogP contribution in [0.4, 0.5) is 0 Å². The van der Waals surface area contributed by atoms with E-state index in [-0.39, 0.29) is 30.0 Å². The number of aryl methyl sites for hydroxylation is 1. The molecule has 25 heavy (non-hydrogen) atoms. The maximum Gasteiger partial charge on any atom is 0.189 e. The van der Waals surface area contributed by atoms with Gasteiger partial charge < -0.3 is 20.5 Å². The number of ether oxygens (including phenoxy) is 2. The largest absolute Gasteiger partial charge is 0.496 e. The van der Waals surface area contributed by atoms with Crippen molar-refractivity contribution >= 4 is 29.9 Å². The van der Waals surface area contributed by atoms with Gasteiger partial charge in [-0.05, 0) is 30.2 Å². The highest BCUT2D eigenvalue weighted by Gasteiger charge is 2.21. The zero-order valence-corrected chi connectivity index (χ0v) is 16.8. The number of aliphatic imine (C=N–C) groups is 1. The number of nitrogens with two attached hydrogens (primary N) is 1. The highest BCUT2D eigenvalue weighted by Crippen LogP contribution is 2.31. The third kappa shape index (κ3) is 4.78. The second-order valence-corrected chi connectivity index (χ2v) is 5.88. The first-order chi connectivity index (χ1) is 11.7. The van der Waals surface area contributed by atoms with E-state index >= 15 is 0 Å². The Morgan fingerprint density at radius 1 is 1.32 bits per heavy atom. The number of fused-ring (bicyclic) bond motifs is 1. The van der Waals surface area contributed by atoms with Gasteiger partial charge in [-0.2, -0.15) is 0 Å². The summed E-state index contributed by atoms with van der Waals surface area (Å²) in [7, 11) is 1.67. The quantitative estimate of drug-likeness (QED) is 0.422. The molecular formula is C19H24IN3O2. The predicted octanol–water partition coefficient (Wildman–Crippen LogP) is 3.55. The molecule has 0 aromatic heterocycles. The third-order valence-electron chi connectivity index (χ3n) is 4.19. The molecule has 0 aliphatic carbocycles. The molecule has 0 bridgehead atoms. The van der Waals surface area contributed by atoms with Gasteiger partial charge in [0.15, 0.2) is 5.96 Å². The Balaban J connectivity index is 0.00000225. The van der Waals surface area contributed by atoms with Crippen LogP contribution in [-0.4, -0.2) is 19.7 Å². The van der Waals surface area contributed by atoms with Crippen LogP contribution in [-0.2, 0) is 6.54 Å². The number of benzene rings is 2. The van der Waals surface area contributed by atoms with Crippen molar-refractivity contribution in [2.24, 2.45) is 10.7 Å². The molecule has 2 aromatic rings. The van der Waals surface area contributed by atoms with Crippen LogP contribution in [0.1, 0.15) is 29.2 Å². The average Bonchev–Trinajstić information content (AvgIpc) is 2.61. The standard InChI is InChI=1S/C19H23N3O2.HI/c1-13-7-8-14(11-18(13)23-2)12-21-19(20)22-16-9-10-24-17-6-4-3-5-15(16)17;/h3-8,11,16H,9-10,12H2,1-2H3,(H3,20,21,22);1H. The lowest BCUT2D eigenvalue weighted by Gasteiger charge is -2.26. The molecule has 1 aliphatic heterocycles. The third-order valence-corrected chi connectivity index (χ3v) is 4.19. The molecule has 0 saturated heterocycles. The van der Waals surface area contributed by atoms with Crippen molar-refractivity contribution in [2.75, 3.05) is 13.7 Å². The Labute approximate surface area is 165 Å². The lowest BCUT2D eigenvalue weighted by molar-refractivity contribution is 0.262. The van der Waals surface area contributed by atoms with Crippen molar-refractivity contribution in [3.8, 4) is 11.5 Å². The van der Waals surface area contributed by atoms with Crippen LogP contribution in [0.3, 0.4) is 0 Å². The predicted molar refractivity (Wildman–Crippen MR) is 111 cm³/mol. The molecule has 1 aliphatic rings. The van der Waals surface area contributed by atoms with Gasteiger partial charge in [-0.1, -0.05) is 30.3 Å². The van der Waals surface area contributed by atoms with E-state index in [0.717, 1.165) is 34.6 Å². The normalized spacial score (nSPS) is 16.2. The molecule has 0 fully saturated rings. The summed E-state index contributed by atoms with van der Waals surface area (Å²) in [6.07, 6.45) is 0.867. The first-order valence-electron chi connectivity index (χ1n) is 8.09. The highest BCUT2D eigenvalue weighted by atomic mass is 127. The summed E-state index contributed by atoms with van der Waals surface area (Å²) in [4.78, 5) is 4.45. The number of hydrogen-bond donors (Lipinski definition) is 2. The molecule has 134 valence electrons. The topological polar surface area (TPSA) is 68.9 Å². The second kappa shape index (κ2) is 8.94. The van der Waals surface area contributed by atoms with E-state index in [1.54, 1.807) is 7.11 Å². The zero-order valence-electron chi connectivity index (χ0n) is 14.5. The highest BCUT2D eigenvalue weighted by molar-refractivity contribution is 14.0. The first kappa shape index (κ1) is 19.4. The number of para-hydroxylation sites is 1. The summed E-state index contributed by atoms with van der Waals surface area (Å²) >= 11 is 0. The van der Waals surface area contributed by atoms with Crippen molar-refractivity contribution in [3.63, 3.8) is 0 Å². The van der Waals surface area contributed by atoms with Crippen LogP contribution in [0.5, 0.6) is 11.5 Å². The second-order valence-electron chi connectivity index (χ2n) is 5.88. The summed E-state index contributed by atoms with van der Waals surface area (Å²) in [5.41, 5.74) is 9.37. The summed E-state index contributed by atoms with van der Waals surface area (Å²) < 4.78 is 11.0. The molecule has 3 N–H and O–H groups in total. The van der Waals surface area contributed by atoms with Gasteiger partial charge in [0, 0.05) is 12.0 Å². The Bertz CT molecular complexity index is 749. The average molecular weight is 453 g/mol. The van der Waals surface area contributed by atoms with E-state index in [0.29, 0.717) is 19.1 Å². The van der Waals surface area contributed by atoms with Gasteiger partial charge in [0.1, 0.15) is 11.5 Å². The number of nitrogens with one attached hydrogen (secondary N) is 1. The van der Waals surface area contributed by atoms with Crippen LogP contribution >= 0.6 is 24.0 Å². The van der Waals surface area contributed by atoms with Gasteiger partial charge in [-0.25, -0.2) is 4.99 Å². The van der Waals surface area contributed by atoms with E-state index in [9.17, 15) is 0 Å². The Hall–Kier alpha value is -1.96. The summed E-state index contributed by atoms with van der Waals surface area (Å²) in [5, 5.41) is 3.30. The van der Waals surface area contributed by atoms with Crippen molar-refractivity contribution in [2.45, 2.75) is 25.9 Å². The minimum atomic E-state index is 0. The van der Waals surface area contributed by atoms with E-state index in [1.165, 1.54) is 0 Å². The molecule has 2 aromatic carbocycles. The van der Waals surface area contributed by atoms with Crippen LogP contribution in [0.25, 0.3) is 0 Å². The van der Waals surface area contributed by atoms with Gasteiger partial charge in [-0.15, -0.1) is 24.0 Å². The van der Waals surface area contributed by atoms with Gasteiger partial charge in [0.05, 0.1) is 26.3 Å². The minimum absolute atomic E-state index is 0. The monoisotopic (exact) mass is 453 g/mol. The lowest BCUT2D eigenvalue weighted by atomic mass is 10.0. The molecule has 5 nitrogen and oxygen atoms in total. The van der Waals surface area contributed by atoms with Crippen molar-refractivity contribution in [1.29, 1.82) is 0 Å². The molecule has 0 spiro atoms. The number of guanidine groups is 1. The molecule has 1 heterocycles. The van der Waals surface area contributed by atoms with E-state index in [4.69, 9.17) is 15.2 Å². The number of rotatable bonds is 4. The molecule has 1 unspecified atom stereocenters. The van der Waals surface area contributed by atoms with Gasteiger partial charge in [0.25, 0.3) is 0 Å². The van der Waals surface area contributed by atoms with Crippen LogP contribution in [0.15, 0.2) is 47.5 Å². The first-order valence-corrected chi connectivity index (χ1v) is 8.09. The molecule has 0 amide bonds. The fourth-order valence-corrected chi connectivity index (χ4v) is 2.86. The van der Waals surface area contributed by atoms with Crippen molar-refractivity contribution < 1.29 is 9.47 Å². The van der Waals surface area contributed by atoms with E-state index in [1.807, 2.05) is 43.3 Å². The fraction of sp³-hybridized carbons (Fsp3) is 0.316. The van der Waals surface area contributed by atoms with Gasteiger partial charge in [0.2, 0.25) is 0 Å². The number of methoxy groups -OCH3 is 1.